The first-order valence-corrected chi connectivity index (χ1v) is 7.44. The first-order chi connectivity index (χ1) is 10.3. The Labute approximate surface area is 149 Å². The van der Waals surface area contributed by atoms with Gasteiger partial charge in [-0.05, 0) is 6.07 Å². The van der Waals surface area contributed by atoms with E-state index in [0.717, 1.165) is 19.4 Å². The molecule has 3 nitrogen and oxygen atoms in total. The Morgan fingerprint density at radius 1 is 1.05 bits per heavy atom. The van der Waals surface area contributed by atoms with Gasteiger partial charge in [-0.3, -0.25) is 0 Å². The third-order valence-corrected chi connectivity index (χ3v) is 4.99. The highest BCUT2D eigenvalue weighted by atomic mass is 35.5. The molecule has 0 aliphatic carbocycles. The standard InChI is InChI=1S/C13H5Cl5FNO2/c1-22-13(21)12-5(2-4(19)3-20-12)6-7(14)9(16)11(18)10(17)8(6)15/h2-3H,1H3. The van der Waals surface area contributed by atoms with Crippen molar-refractivity contribution in [3.05, 3.63) is 48.9 Å². The Bertz CT molecular complexity index is 753. The molecule has 9 heteroatoms. The number of nitrogens with zero attached hydrogens (tertiary/aromatic N) is 1. The minimum atomic E-state index is -0.802. The summed E-state index contributed by atoms with van der Waals surface area (Å²) >= 11 is 30.1. The lowest BCUT2D eigenvalue weighted by Crippen LogP contribution is -2.07. The summed E-state index contributed by atoms with van der Waals surface area (Å²) in [7, 11) is 1.15. The van der Waals surface area contributed by atoms with Crippen molar-refractivity contribution in [2.45, 2.75) is 0 Å². The molecule has 1 aromatic carbocycles. The van der Waals surface area contributed by atoms with Crippen LogP contribution in [-0.2, 0) is 4.74 Å². The van der Waals surface area contributed by atoms with Crippen molar-refractivity contribution < 1.29 is 13.9 Å². The van der Waals surface area contributed by atoms with E-state index in [1.54, 1.807) is 0 Å². The number of benzene rings is 1. The molecule has 0 bridgehead atoms. The van der Waals surface area contributed by atoms with Gasteiger partial charge in [0.15, 0.2) is 5.69 Å². The molecule has 0 aliphatic heterocycles. The normalized spacial score (nSPS) is 10.7. The number of rotatable bonds is 2. The van der Waals surface area contributed by atoms with Gasteiger partial charge in [0.1, 0.15) is 5.82 Å². The number of hydrogen-bond donors (Lipinski definition) is 0. The van der Waals surface area contributed by atoms with E-state index >= 15 is 0 Å². The van der Waals surface area contributed by atoms with Crippen LogP contribution >= 0.6 is 58.0 Å². The predicted molar refractivity (Wildman–Crippen MR) is 86.0 cm³/mol. The molecule has 0 aliphatic rings. The molecule has 2 aromatic rings. The molecule has 22 heavy (non-hydrogen) atoms. The van der Waals surface area contributed by atoms with Gasteiger partial charge in [-0.25, -0.2) is 14.2 Å². The van der Waals surface area contributed by atoms with Crippen LogP contribution in [0.2, 0.25) is 25.1 Å². The van der Waals surface area contributed by atoms with Crippen molar-refractivity contribution in [1.82, 2.24) is 4.98 Å². The van der Waals surface area contributed by atoms with E-state index in [1.807, 2.05) is 0 Å². The van der Waals surface area contributed by atoms with Crippen LogP contribution in [0.5, 0.6) is 0 Å². The number of hydrogen-bond acceptors (Lipinski definition) is 3. The zero-order valence-corrected chi connectivity index (χ0v) is 14.5. The van der Waals surface area contributed by atoms with Crippen molar-refractivity contribution in [2.24, 2.45) is 0 Å². The Balaban J connectivity index is 2.88. The molecule has 1 heterocycles. The molecule has 0 unspecified atom stereocenters. The SMILES string of the molecule is COC(=O)c1ncc(F)cc1-c1c(Cl)c(Cl)c(Cl)c(Cl)c1Cl. The van der Waals surface area contributed by atoms with Crippen molar-refractivity contribution >= 4 is 64.0 Å². The van der Waals surface area contributed by atoms with Crippen LogP contribution in [0.15, 0.2) is 12.3 Å². The highest BCUT2D eigenvalue weighted by Crippen LogP contribution is 2.48. The van der Waals surface area contributed by atoms with Gasteiger partial charge in [0, 0.05) is 11.1 Å². The largest absolute Gasteiger partial charge is 0.464 e. The quantitative estimate of drug-likeness (QED) is 0.354. The third kappa shape index (κ3) is 2.99. The van der Waals surface area contributed by atoms with E-state index in [9.17, 15) is 9.18 Å². The fourth-order valence-electron chi connectivity index (χ4n) is 1.73. The molecule has 0 saturated heterocycles. The lowest BCUT2D eigenvalue weighted by molar-refractivity contribution is 0.0595. The Morgan fingerprint density at radius 2 is 1.55 bits per heavy atom. The van der Waals surface area contributed by atoms with Gasteiger partial charge < -0.3 is 4.74 Å². The van der Waals surface area contributed by atoms with Gasteiger partial charge in [-0.15, -0.1) is 0 Å². The molecule has 0 N–H and O–H groups in total. The highest BCUT2D eigenvalue weighted by molar-refractivity contribution is 6.56. The van der Waals surface area contributed by atoms with Crippen LogP contribution in [-0.4, -0.2) is 18.1 Å². The van der Waals surface area contributed by atoms with Gasteiger partial charge in [0.05, 0.1) is 38.4 Å². The van der Waals surface area contributed by atoms with E-state index in [-0.39, 0.29) is 41.9 Å². The van der Waals surface area contributed by atoms with Crippen LogP contribution < -0.4 is 0 Å². The summed E-state index contributed by atoms with van der Waals surface area (Å²) in [5.41, 5.74) is -0.167. The predicted octanol–water partition coefficient (Wildman–Crippen LogP) is 5.94. The number of ether oxygens (including phenoxy) is 1. The third-order valence-electron chi connectivity index (χ3n) is 2.71. The van der Waals surface area contributed by atoms with Gasteiger partial charge in [-0.2, -0.15) is 0 Å². The number of pyridine rings is 1. The highest BCUT2D eigenvalue weighted by Gasteiger charge is 2.25. The summed E-state index contributed by atoms with van der Waals surface area (Å²) in [6.45, 7) is 0. The molecule has 0 radical (unpaired) electrons. The maximum absolute atomic E-state index is 13.6. The molecule has 1 aromatic heterocycles. The molecule has 0 fully saturated rings. The zero-order chi connectivity index (χ0) is 16.6. The maximum atomic E-state index is 13.6. The van der Waals surface area contributed by atoms with E-state index in [0.29, 0.717) is 0 Å². The summed E-state index contributed by atoms with van der Waals surface area (Å²) in [6, 6.07) is 1.02. The topological polar surface area (TPSA) is 39.2 Å². The fourth-order valence-corrected chi connectivity index (χ4v) is 3.07. The van der Waals surface area contributed by atoms with Crippen molar-refractivity contribution in [3.63, 3.8) is 0 Å². The summed E-state index contributed by atoms with van der Waals surface area (Å²) in [4.78, 5) is 15.5. The number of carbonyl (C=O) groups excluding carboxylic acids is 1. The van der Waals surface area contributed by atoms with Crippen molar-refractivity contribution in [1.29, 1.82) is 0 Å². The van der Waals surface area contributed by atoms with Crippen molar-refractivity contribution in [2.75, 3.05) is 7.11 Å². The molecular formula is C13H5Cl5FNO2. The number of carbonyl (C=O) groups is 1. The Kier molecular flexibility index (Phi) is 5.41. The van der Waals surface area contributed by atoms with Crippen LogP contribution in [0.3, 0.4) is 0 Å². The molecular weight excluding hydrogens is 398 g/mol. The van der Waals surface area contributed by atoms with Crippen LogP contribution in [0.25, 0.3) is 11.1 Å². The molecule has 0 spiro atoms. The van der Waals surface area contributed by atoms with E-state index in [1.165, 1.54) is 0 Å². The first-order valence-electron chi connectivity index (χ1n) is 5.55. The summed E-state index contributed by atoms with van der Waals surface area (Å²) in [5, 5.41) is -0.371. The van der Waals surface area contributed by atoms with E-state index in [2.05, 4.69) is 9.72 Å². The zero-order valence-electron chi connectivity index (χ0n) is 10.7. The average molecular weight is 403 g/mol. The average Bonchev–Trinajstić information content (AvgIpc) is 2.50. The maximum Gasteiger partial charge on any atom is 0.357 e. The van der Waals surface area contributed by atoms with Gasteiger partial charge in [0.2, 0.25) is 0 Å². The molecule has 0 saturated carbocycles. The smallest absolute Gasteiger partial charge is 0.357 e. The second-order valence-corrected chi connectivity index (χ2v) is 5.88. The lowest BCUT2D eigenvalue weighted by Gasteiger charge is -2.14. The summed E-state index contributed by atoms with van der Waals surface area (Å²) in [5.74, 6) is -1.51. The number of methoxy groups -OCH3 is 1. The number of halogens is 6. The molecule has 0 atom stereocenters. The first kappa shape index (κ1) is 17.6. The molecule has 2 rings (SSSR count). The van der Waals surface area contributed by atoms with Crippen LogP contribution in [0.1, 0.15) is 10.5 Å². The minimum absolute atomic E-state index is 0.0117. The number of esters is 1. The van der Waals surface area contributed by atoms with E-state index in [4.69, 9.17) is 58.0 Å². The van der Waals surface area contributed by atoms with Crippen molar-refractivity contribution in [3.8, 4) is 11.1 Å². The Hall–Kier alpha value is -0.780. The van der Waals surface area contributed by atoms with E-state index < -0.39 is 11.8 Å². The Morgan fingerprint density at radius 3 is 2.05 bits per heavy atom. The monoisotopic (exact) mass is 401 g/mol. The van der Waals surface area contributed by atoms with Gasteiger partial charge in [0.25, 0.3) is 0 Å². The van der Waals surface area contributed by atoms with Gasteiger partial charge >= 0.3 is 5.97 Å². The van der Waals surface area contributed by atoms with Crippen LogP contribution in [0, 0.1) is 5.82 Å². The molecule has 116 valence electrons. The minimum Gasteiger partial charge on any atom is -0.464 e. The van der Waals surface area contributed by atoms with Gasteiger partial charge in [-0.1, -0.05) is 58.0 Å². The fraction of sp³-hybridized carbons (Fsp3) is 0.0769. The second kappa shape index (κ2) is 6.77. The molecule has 0 amide bonds. The van der Waals surface area contributed by atoms with Crippen LogP contribution in [0.4, 0.5) is 4.39 Å². The lowest BCUT2D eigenvalue weighted by atomic mass is 10.0. The number of aromatic nitrogens is 1. The second-order valence-electron chi connectivity index (χ2n) is 3.99. The summed E-state index contributed by atoms with van der Waals surface area (Å²) in [6.07, 6.45) is 0.858. The summed E-state index contributed by atoms with van der Waals surface area (Å²) < 4.78 is 18.2.